The van der Waals surface area contributed by atoms with Crippen molar-refractivity contribution in [2.45, 2.75) is 6.92 Å². The van der Waals surface area contributed by atoms with Crippen LogP contribution < -0.4 is 0 Å². The topological polar surface area (TPSA) is 24.7 Å². The van der Waals surface area contributed by atoms with Crippen LogP contribution in [0, 0.1) is 6.92 Å². The van der Waals surface area contributed by atoms with E-state index in [1.54, 1.807) is 0 Å². The minimum absolute atomic E-state index is 0.722. The van der Waals surface area contributed by atoms with Crippen molar-refractivity contribution in [2.75, 3.05) is 6.54 Å². The van der Waals surface area contributed by atoms with E-state index in [0.29, 0.717) is 0 Å². The fraction of sp³-hybridized carbons (Fsp3) is 0.167. The van der Waals surface area contributed by atoms with E-state index < -0.39 is 0 Å². The molecule has 0 amide bonds. The lowest BCUT2D eigenvalue weighted by Gasteiger charge is -2.05. The number of benzene rings is 1. The van der Waals surface area contributed by atoms with Gasteiger partial charge in [-0.05, 0) is 25.1 Å². The average Bonchev–Trinajstić information content (AvgIpc) is 2.56. The summed E-state index contributed by atoms with van der Waals surface area (Å²) in [5.41, 5.74) is 5.98. The van der Waals surface area contributed by atoms with Crippen molar-refractivity contribution in [3.63, 3.8) is 0 Å². The summed E-state index contributed by atoms with van der Waals surface area (Å²) in [5.74, 6) is 0. The second kappa shape index (κ2) is 2.64. The molecule has 0 N–H and O–H groups in total. The first-order valence-corrected chi connectivity index (χ1v) is 4.74. The first-order chi connectivity index (χ1) is 6.84. The van der Waals surface area contributed by atoms with Gasteiger partial charge in [0.25, 0.3) is 0 Å². The van der Waals surface area contributed by atoms with Crippen LogP contribution in [0.15, 0.2) is 34.3 Å². The van der Waals surface area contributed by atoms with Gasteiger partial charge in [-0.3, -0.25) is 9.98 Å². The Morgan fingerprint density at radius 1 is 1.29 bits per heavy atom. The maximum atomic E-state index is 4.55. The summed E-state index contributed by atoms with van der Waals surface area (Å²) in [4.78, 5) is 8.74. The minimum Gasteiger partial charge on any atom is -0.287 e. The highest BCUT2D eigenvalue weighted by atomic mass is 14.9. The Kier molecular flexibility index (Phi) is 1.45. The molecule has 2 aliphatic rings. The molecular weight excluding hydrogens is 172 g/mol. The van der Waals surface area contributed by atoms with E-state index in [-0.39, 0.29) is 0 Å². The third kappa shape index (κ3) is 0.970. The summed E-state index contributed by atoms with van der Waals surface area (Å²) in [5, 5.41) is 0. The normalized spacial score (nSPS) is 17.2. The second-order valence-corrected chi connectivity index (χ2v) is 3.65. The predicted octanol–water partition coefficient (Wildman–Crippen LogP) is 2.55. The van der Waals surface area contributed by atoms with E-state index in [4.69, 9.17) is 0 Å². The number of fused-ring (bicyclic) bond motifs is 3. The molecule has 0 unspecified atom stereocenters. The Balaban J connectivity index is 2.24. The summed E-state index contributed by atoms with van der Waals surface area (Å²) in [6.07, 6.45) is 3.92. The third-order valence-corrected chi connectivity index (χ3v) is 2.60. The molecular formula is C12H10N2. The number of allylic oxidation sites excluding steroid dienone is 1. The Bertz CT molecular complexity index is 493. The maximum Gasteiger partial charge on any atom is 0.0818 e. The van der Waals surface area contributed by atoms with Crippen LogP contribution in [0.4, 0.5) is 5.69 Å². The molecule has 0 saturated carbocycles. The lowest BCUT2D eigenvalue weighted by molar-refractivity contribution is 1.31. The van der Waals surface area contributed by atoms with Crippen molar-refractivity contribution in [1.82, 2.24) is 0 Å². The molecule has 0 spiro atoms. The van der Waals surface area contributed by atoms with Gasteiger partial charge in [0.1, 0.15) is 0 Å². The number of hydrogen-bond acceptors (Lipinski definition) is 2. The number of nitrogens with zero attached hydrogens (tertiary/aromatic N) is 2. The molecule has 2 nitrogen and oxygen atoms in total. The predicted molar refractivity (Wildman–Crippen MR) is 59.6 cm³/mol. The minimum atomic E-state index is 0.722. The monoisotopic (exact) mass is 182 g/mol. The van der Waals surface area contributed by atoms with Crippen molar-refractivity contribution >= 4 is 23.2 Å². The van der Waals surface area contributed by atoms with Crippen molar-refractivity contribution in [3.05, 3.63) is 35.4 Å². The molecule has 68 valence electrons. The van der Waals surface area contributed by atoms with E-state index >= 15 is 0 Å². The molecule has 14 heavy (non-hydrogen) atoms. The molecule has 1 aromatic carbocycles. The lowest BCUT2D eigenvalue weighted by atomic mass is 10.00. The first-order valence-electron chi connectivity index (χ1n) is 4.74. The molecule has 0 aliphatic carbocycles. The van der Waals surface area contributed by atoms with E-state index in [2.05, 4.69) is 35.1 Å². The van der Waals surface area contributed by atoms with Crippen molar-refractivity contribution in [1.29, 1.82) is 0 Å². The fourth-order valence-corrected chi connectivity index (χ4v) is 1.90. The highest BCUT2D eigenvalue weighted by Gasteiger charge is 2.21. The van der Waals surface area contributed by atoms with Crippen LogP contribution in [0.2, 0.25) is 0 Å². The summed E-state index contributed by atoms with van der Waals surface area (Å²) in [6.45, 7) is 2.83. The first kappa shape index (κ1) is 7.68. The van der Waals surface area contributed by atoms with Crippen LogP contribution in [-0.2, 0) is 0 Å². The number of hydrogen-bond donors (Lipinski definition) is 0. The van der Waals surface area contributed by atoms with Gasteiger partial charge in [-0.2, -0.15) is 0 Å². The summed E-state index contributed by atoms with van der Waals surface area (Å²) < 4.78 is 0. The molecule has 3 rings (SSSR count). The van der Waals surface area contributed by atoms with Gasteiger partial charge in [-0.25, -0.2) is 0 Å². The quantitative estimate of drug-likeness (QED) is 0.589. The summed E-state index contributed by atoms with van der Waals surface area (Å²) in [7, 11) is 0. The molecule has 2 heteroatoms. The Morgan fingerprint density at radius 2 is 2.21 bits per heavy atom. The Hall–Kier alpha value is -1.70. The smallest absolute Gasteiger partial charge is 0.0818 e. The number of dihydropyridines is 1. The number of aliphatic imine (C=N–C) groups is 2. The molecule has 0 bridgehead atoms. The number of rotatable bonds is 0. The van der Waals surface area contributed by atoms with Crippen LogP contribution >= 0.6 is 0 Å². The van der Waals surface area contributed by atoms with Crippen molar-refractivity contribution in [3.8, 4) is 0 Å². The summed E-state index contributed by atoms with van der Waals surface area (Å²) >= 11 is 0. The van der Waals surface area contributed by atoms with Crippen LogP contribution in [0.5, 0.6) is 0 Å². The van der Waals surface area contributed by atoms with Gasteiger partial charge in [-0.15, -0.1) is 0 Å². The van der Waals surface area contributed by atoms with E-state index in [1.165, 1.54) is 16.7 Å². The van der Waals surface area contributed by atoms with Gasteiger partial charge < -0.3 is 0 Å². The van der Waals surface area contributed by atoms with E-state index in [0.717, 1.165) is 17.9 Å². The number of aryl methyl sites for hydroxylation is 1. The average molecular weight is 182 g/mol. The molecule has 0 aromatic heterocycles. The zero-order valence-corrected chi connectivity index (χ0v) is 7.99. The zero-order chi connectivity index (χ0) is 9.54. The van der Waals surface area contributed by atoms with Gasteiger partial charge >= 0.3 is 0 Å². The van der Waals surface area contributed by atoms with Crippen molar-refractivity contribution < 1.29 is 0 Å². The van der Waals surface area contributed by atoms with E-state index in [1.807, 2.05) is 12.3 Å². The van der Waals surface area contributed by atoms with Gasteiger partial charge in [0.15, 0.2) is 0 Å². The van der Waals surface area contributed by atoms with Gasteiger partial charge in [0.05, 0.1) is 17.9 Å². The van der Waals surface area contributed by atoms with Gasteiger partial charge in [-0.1, -0.05) is 11.6 Å². The largest absolute Gasteiger partial charge is 0.287 e. The molecule has 1 aromatic rings. The van der Waals surface area contributed by atoms with Crippen LogP contribution in [-0.4, -0.2) is 18.5 Å². The van der Waals surface area contributed by atoms with Crippen LogP contribution in [0.3, 0.4) is 0 Å². The second-order valence-electron chi connectivity index (χ2n) is 3.65. The highest BCUT2D eigenvalue weighted by Crippen LogP contribution is 2.35. The summed E-state index contributed by atoms with van der Waals surface area (Å²) in [6, 6.07) is 6.37. The standard InChI is InChI=1S/C12H10N2/c1-8-2-3-11-10(6-8)9-4-5-13-7-12(9)14-11/h2-6H,7H2,1H3. The molecule has 2 heterocycles. The Morgan fingerprint density at radius 3 is 3.14 bits per heavy atom. The molecule has 2 aliphatic heterocycles. The highest BCUT2D eigenvalue weighted by molar-refractivity contribution is 6.33. The zero-order valence-electron chi connectivity index (χ0n) is 7.99. The molecule has 0 saturated heterocycles. The SMILES string of the molecule is Cc1ccc2c(c1)C1=CC=NCC1=N2. The molecule has 0 radical (unpaired) electrons. The van der Waals surface area contributed by atoms with Gasteiger partial charge in [0.2, 0.25) is 0 Å². The van der Waals surface area contributed by atoms with Crippen LogP contribution in [0.1, 0.15) is 11.1 Å². The van der Waals surface area contributed by atoms with Gasteiger partial charge in [0, 0.05) is 17.4 Å². The third-order valence-electron chi connectivity index (χ3n) is 2.60. The van der Waals surface area contributed by atoms with Crippen molar-refractivity contribution in [2.24, 2.45) is 9.98 Å². The lowest BCUT2D eigenvalue weighted by Crippen LogP contribution is -2.06. The maximum absolute atomic E-state index is 4.55. The van der Waals surface area contributed by atoms with E-state index in [9.17, 15) is 0 Å². The Labute approximate surface area is 82.7 Å². The molecule has 0 atom stereocenters. The molecule has 0 fully saturated rings. The fourth-order valence-electron chi connectivity index (χ4n) is 1.90. The van der Waals surface area contributed by atoms with Crippen LogP contribution in [0.25, 0.3) is 5.57 Å².